The minimum atomic E-state index is -0.651. The minimum absolute atomic E-state index is 0.103. The molecular formula is C24H36N4O4S. The van der Waals surface area contributed by atoms with Gasteiger partial charge in [0.15, 0.2) is 0 Å². The summed E-state index contributed by atoms with van der Waals surface area (Å²) in [6.07, 6.45) is 9.42. The number of carbonyl (C=O) groups is 2. The highest BCUT2D eigenvalue weighted by molar-refractivity contribution is 7.99. The van der Waals surface area contributed by atoms with Crippen molar-refractivity contribution in [1.29, 1.82) is 0 Å². The molecule has 0 radical (unpaired) electrons. The van der Waals surface area contributed by atoms with Crippen LogP contribution in [0.25, 0.3) is 6.20 Å². The number of ether oxygens (including phenoxy) is 1. The van der Waals surface area contributed by atoms with Gasteiger partial charge in [0, 0.05) is 17.5 Å². The number of aliphatic hydroxyl groups is 1. The first kappa shape index (κ1) is 24.1. The molecule has 2 amide bonds. The Balaban J connectivity index is 1.52. The van der Waals surface area contributed by atoms with Crippen molar-refractivity contribution < 1.29 is 19.4 Å². The third kappa shape index (κ3) is 5.24. The molecule has 0 spiro atoms. The van der Waals surface area contributed by atoms with E-state index in [-0.39, 0.29) is 17.2 Å². The third-order valence-electron chi connectivity index (χ3n) is 7.12. The number of nitrogens with one attached hydrogen (secondary N) is 2. The first-order chi connectivity index (χ1) is 15.5. The molecule has 1 aromatic heterocycles. The number of rotatable bonds is 7. The van der Waals surface area contributed by atoms with E-state index in [9.17, 15) is 14.7 Å². The van der Waals surface area contributed by atoms with Gasteiger partial charge in [0.2, 0.25) is 0 Å². The average Bonchev–Trinajstić information content (AvgIpc) is 3.09. The summed E-state index contributed by atoms with van der Waals surface area (Å²) in [7, 11) is 1.33. The number of hydrogen-bond acceptors (Lipinski definition) is 6. The van der Waals surface area contributed by atoms with Crippen LogP contribution in [-0.4, -0.2) is 56.4 Å². The standard InChI is InChI=1S/C24H36N4O4S/c1-14(2)33-21-18(13-25-28(21)7-6-23(3,4)27-22(30)32-5)20(29)26-19-16-8-15-9-17(19)12-24(31,10-15)11-16/h6-7,13-17,19,31H,8-12H2,1-5H3,(H,26,29)(H,27,30)/b7-6+. The highest BCUT2D eigenvalue weighted by atomic mass is 32.2. The number of carbonyl (C=O) groups excluding carboxylic acids is 2. The Bertz CT molecular complexity index is 925. The fraction of sp³-hybridized carbons (Fsp3) is 0.708. The normalized spacial score (nSPS) is 30.8. The Labute approximate surface area is 199 Å². The van der Waals surface area contributed by atoms with Gasteiger partial charge in [0.1, 0.15) is 5.03 Å². The third-order valence-corrected chi connectivity index (χ3v) is 8.22. The van der Waals surface area contributed by atoms with Gasteiger partial charge in [0.25, 0.3) is 5.91 Å². The molecule has 33 heavy (non-hydrogen) atoms. The zero-order valence-corrected chi connectivity index (χ0v) is 20.9. The van der Waals surface area contributed by atoms with Crippen molar-refractivity contribution >= 4 is 30.0 Å². The highest BCUT2D eigenvalue weighted by Gasteiger charge is 2.55. The summed E-state index contributed by atoms with van der Waals surface area (Å²) in [5.74, 6) is 1.20. The topological polar surface area (TPSA) is 105 Å². The van der Waals surface area contributed by atoms with Crippen molar-refractivity contribution in [3.63, 3.8) is 0 Å². The Morgan fingerprint density at radius 2 is 1.97 bits per heavy atom. The largest absolute Gasteiger partial charge is 0.453 e. The lowest BCUT2D eigenvalue weighted by atomic mass is 9.52. The molecule has 4 aliphatic rings. The molecule has 0 aliphatic heterocycles. The fourth-order valence-electron chi connectivity index (χ4n) is 6.01. The Morgan fingerprint density at radius 3 is 2.55 bits per heavy atom. The van der Waals surface area contributed by atoms with E-state index < -0.39 is 17.2 Å². The second kappa shape index (κ2) is 8.98. The molecule has 5 rings (SSSR count). The van der Waals surface area contributed by atoms with Gasteiger partial charge < -0.3 is 20.5 Å². The lowest BCUT2D eigenvalue weighted by Gasteiger charge is -2.58. The Hall–Kier alpha value is -2.00. The van der Waals surface area contributed by atoms with Crippen LogP contribution < -0.4 is 10.6 Å². The van der Waals surface area contributed by atoms with Crippen molar-refractivity contribution in [2.24, 2.45) is 17.8 Å². The molecule has 2 atom stereocenters. The van der Waals surface area contributed by atoms with E-state index in [0.29, 0.717) is 23.3 Å². The van der Waals surface area contributed by atoms with E-state index in [1.807, 2.05) is 19.9 Å². The second-order valence-corrected chi connectivity index (χ2v) is 12.4. The van der Waals surface area contributed by atoms with Gasteiger partial charge >= 0.3 is 6.09 Å². The SMILES string of the molecule is COC(=O)NC(C)(C)/C=C/n1ncc(C(=O)NC2C3CC4CC2CC(O)(C4)C3)c1SC(C)C. The number of hydrogen-bond donors (Lipinski definition) is 3. The maximum atomic E-state index is 13.4. The molecule has 3 N–H and O–H groups in total. The summed E-state index contributed by atoms with van der Waals surface area (Å²) in [5, 5.41) is 22.4. The quantitative estimate of drug-likeness (QED) is 0.519. The van der Waals surface area contributed by atoms with Crippen molar-refractivity contribution in [2.45, 2.75) is 87.3 Å². The van der Waals surface area contributed by atoms with E-state index in [0.717, 1.165) is 37.1 Å². The summed E-state index contributed by atoms with van der Waals surface area (Å²) in [6.45, 7) is 7.86. The van der Waals surface area contributed by atoms with E-state index >= 15 is 0 Å². The van der Waals surface area contributed by atoms with E-state index in [2.05, 4.69) is 34.3 Å². The van der Waals surface area contributed by atoms with Crippen LogP contribution in [0.3, 0.4) is 0 Å². The average molecular weight is 477 g/mol. The van der Waals surface area contributed by atoms with Gasteiger partial charge in [-0.15, -0.1) is 11.8 Å². The summed E-state index contributed by atoms with van der Waals surface area (Å²) < 4.78 is 6.38. The minimum Gasteiger partial charge on any atom is -0.453 e. The zero-order chi connectivity index (χ0) is 24.0. The summed E-state index contributed by atoms with van der Waals surface area (Å²) >= 11 is 1.58. The molecule has 4 fully saturated rings. The van der Waals surface area contributed by atoms with Crippen molar-refractivity contribution in [1.82, 2.24) is 20.4 Å². The van der Waals surface area contributed by atoms with Crippen molar-refractivity contribution in [3.8, 4) is 0 Å². The lowest BCUT2D eigenvalue weighted by Crippen LogP contribution is -2.61. The van der Waals surface area contributed by atoms with Crippen LogP contribution in [0.15, 0.2) is 17.3 Å². The van der Waals surface area contributed by atoms with Crippen LogP contribution in [-0.2, 0) is 4.74 Å². The first-order valence-electron chi connectivity index (χ1n) is 11.8. The number of alkyl carbamates (subject to hydrolysis) is 1. The second-order valence-electron chi connectivity index (χ2n) is 10.8. The molecule has 1 aromatic rings. The molecule has 1 heterocycles. The number of aromatic nitrogens is 2. The smallest absolute Gasteiger partial charge is 0.407 e. The number of thioether (sulfide) groups is 1. The molecular weight excluding hydrogens is 440 g/mol. The fourth-order valence-corrected chi connectivity index (χ4v) is 6.95. The predicted molar refractivity (Wildman–Crippen MR) is 128 cm³/mol. The van der Waals surface area contributed by atoms with Crippen molar-refractivity contribution in [2.75, 3.05) is 7.11 Å². The summed E-state index contributed by atoms with van der Waals surface area (Å²) in [5.41, 5.74) is -0.608. The molecule has 0 aromatic carbocycles. The van der Waals surface area contributed by atoms with Crippen LogP contribution in [0.2, 0.25) is 0 Å². The molecule has 182 valence electrons. The molecule has 8 nitrogen and oxygen atoms in total. The van der Waals surface area contributed by atoms with Gasteiger partial charge in [-0.2, -0.15) is 5.10 Å². The van der Waals surface area contributed by atoms with E-state index in [1.165, 1.54) is 7.11 Å². The predicted octanol–water partition coefficient (Wildman–Crippen LogP) is 3.66. The molecule has 4 aliphatic carbocycles. The van der Waals surface area contributed by atoms with Crippen LogP contribution in [0, 0.1) is 17.8 Å². The maximum Gasteiger partial charge on any atom is 0.407 e. The van der Waals surface area contributed by atoms with E-state index in [1.54, 1.807) is 28.8 Å². The van der Waals surface area contributed by atoms with Gasteiger partial charge in [-0.1, -0.05) is 13.8 Å². The van der Waals surface area contributed by atoms with Gasteiger partial charge in [-0.25, -0.2) is 9.48 Å². The lowest BCUT2D eigenvalue weighted by molar-refractivity contribution is -0.136. The Kier molecular flexibility index (Phi) is 6.57. The molecule has 4 saturated carbocycles. The monoisotopic (exact) mass is 476 g/mol. The summed E-state index contributed by atoms with van der Waals surface area (Å²) in [6, 6.07) is 0.119. The van der Waals surface area contributed by atoms with Crippen molar-refractivity contribution in [3.05, 3.63) is 17.8 Å². The molecule has 2 unspecified atom stereocenters. The number of nitrogens with zero attached hydrogens (tertiary/aromatic N) is 2. The van der Waals surface area contributed by atoms with Gasteiger partial charge in [-0.05, 0) is 69.8 Å². The molecule has 0 saturated heterocycles. The Morgan fingerprint density at radius 1 is 1.30 bits per heavy atom. The summed E-state index contributed by atoms with van der Waals surface area (Å²) in [4.78, 5) is 25.0. The first-order valence-corrected chi connectivity index (χ1v) is 12.7. The molecule has 4 bridgehead atoms. The number of methoxy groups -OCH3 is 1. The molecule has 9 heteroatoms. The van der Waals surface area contributed by atoms with Gasteiger partial charge in [-0.3, -0.25) is 4.79 Å². The number of amides is 2. The highest BCUT2D eigenvalue weighted by Crippen LogP contribution is 2.55. The van der Waals surface area contributed by atoms with Crippen LogP contribution in [0.4, 0.5) is 4.79 Å². The van der Waals surface area contributed by atoms with Gasteiger partial charge in [0.05, 0.1) is 30.0 Å². The van der Waals surface area contributed by atoms with E-state index in [4.69, 9.17) is 0 Å². The van der Waals surface area contributed by atoms with Crippen LogP contribution >= 0.6 is 11.8 Å². The van der Waals surface area contributed by atoms with Crippen LogP contribution in [0.1, 0.15) is 70.2 Å². The van der Waals surface area contributed by atoms with Crippen LogP contribution in [0.5, 0.6) is 0 Å². The maximum absolute atomic E-state index is 13.4. The zero-order valence-electron chi connectivity index (χ0n) is 20.1.